The summed E-state index contributed by atoms with van der Waals surface area (Å²) in [5.41, 5.74) is 0. The Kier molecular flexibility index (Phi) is 2.87. The monoisotopic (exact) mass is 209 g/mol. The molecule has 0 aromatic heterocycles. The maximum atomic E-state index is 2.65. The fraction of sp³-hybridized carbons (Fsp3) is 1.00. The van der Waals surface area contributed by atoms with E-state index in [0.29, 0.717) is 0 Å². The summed E-state index contributed by atoms with van der Waals surface area (Å²) in [6, 6.07) is 1.76. The molecule has 0 aromatic carbocycles. The molecule has 1 nitrogen and oxygen atoms in total. The van der Waals surface area contributed by atoms with Crippen molar-refractivity contribution < 1.29 is 0 Å². The van der Waals surface area contributed by atoms with Crippen LogP contribution in [0.4, 0.5) is 0 Å². The first-order chi connectivity index (χ1) is 6.95. The number of hydrogen-bond donors (Lipinski definition) is 0. The van der Waals surface area contributed by atoms with Gasteiger partial charge in [0.2, 0.25) is 0 Å². The lowest BCUT2D eigenvalue weighted by Crippen LogP contribution is -2.63. The van der Waals surface area contributed by atoms with E-state index < -0.39 is 0 Å². The number of rotatable bonds is 2. The lowest BCUT2D eigenvalue weighted by molar-refractivity contribution is -0.0663. The average molecular weight is 209 g/mol. The molecule has 0 bridgehead atoms. The first-order valence-corrected chi connectivity index (χ1v) is 6.67. The molecular formula is C14H27N. The molecule has 1 heteroatoms. The van der Waals surface area contributed by atoms with Crippen molar-refractivity contribution in [3.05, 3.63) is 0 Å². The molecule has 0 aromatic rings. The smallest absolute Gasteiger partial charge is 0.0164 e. The van der Waals surface area contributed by atoms with E-state index in [1.807, 2.05) is 0 Å². The van der Waals surface area contributed by atoms with Crippen LogP contribution in [0.15, 0.2) is 0 Å². The first kappa shape index (κ1) is 11.4. The lowest BCUT2D eigenvalue weighted by Gasteiger charge is -2.55. The highest BCUT2D eigenvalue weighted by atomic mass is 15.3. The van der Waals surface area contributed by atoms with Crippen molar-refractivity contribution in [2.24, 2.45) is 29.6 Å². The predicted molar refractivity (Wildman–Crippen MR) is 65.8 cm³/mol. The van der Waals surface area contributed by atoms with E-state index in [1.165, 1.54) is 6.42 Å². The van der Waals surface area contributed by atoms with Crippen molar-refractivity contribution in [1.82, 2.24) is 4.90 Å². The number of likely N-dealkylation sites (tertiary alicyclic amines) is 1. The van der Waals surface area contributed by atoms with E-state index in [1.54, 1.807) is 0 Å². The molecule has 1 aliphatic carbocycles. The van der Waals surface area contributed by atoms with Crippen LogP contribution in [0, 0.1) is 29.6 Å². The van der Waals surface area contributed by atoms with Crippen LogP contribution in [-0.4, -0.2) is 24.0 Å². The molecule has 0 radical (unpaired) electrons. The quantitative estimate of drug-likeness (QED) is 0.675. The van der Waals surface area contributed by atoms with Gasteiger partial charge >= 0.3 is 0 Å². The SMILES string of the molecule is CC(C)C1C2C(C[C@@H]1C)N(C)[C@H]2C(C)C. The molecule has 15 heavy (non-hydrogen) atoms. The second-order valence-electron chi connectivity index (χ2n) is 6.58. The van der Waals surface area contributed by atoms with Crippen LogP contribution in [0.1, 0.15) is 41.0 Å². The Morgan fingerprint density at radius 1 is 1.07 bits per heavy atom. The minimum absolute atomic E-state index is 0.822. The largest absolute Gasteiger partial charge is 0.300 e. The second-order valence-corrected chi connectivity index (χ2v) is 6.58. The van der Waals surface area contributed by atoms with Crippen molar-refractivity contribution >= 4 is 0 Å². The summed E-state index contributed by atoms with van der Waals surface area (Å²) in [6.07, 6.45) is 1.44. The van der Waals surface area contributed by atoms with Gasteiger partial charge in [0.1, 0.15) is 0 Å². The van der Waals surface area contributed by atoms with Gasteiger partial charge in [0.05, 0.1) is 0 Å². The third-order valence-electron chi connectivity index (χ3n) is 5.00. The zero-order valence-electron chi connectivity index (χ0n) is 11.2. The lowest BCUT2D eigenvalue weighted by atomic mass is 9.69. The fourth-order valence-electron chi connectivity index (χ4n) is 4.63. The normalized spacial score (nSPS) is 46.0. The highest BCUT2D eigenvalue weighted by molar-refractivity contribution is 5.09. The molecule has 1 saturated heterocycles. The van der Waals surface area contributed by atoms with Gasteiger partial charge in [0, 0.05) is 12.1 Å². The average Bonchev–Trinajstić information content (AvgIpc) is 2.39. The summed E-state index contributed by atoms with van der Waals surface area (Å²) in [4.78, 5) is 2.65. The van der Waals surface area contributed by atoms with Crippen molar-refractivity contribution in [3.8, 4) is 0 Å². The van der Waals surface area contributed by atoms with Gasteiger partial charge in [-0.15, -0.1) is 0 Å². The molecule has 1 heterocycles. The summed E-state index contributed by atoms with van der Waals surface area (Å²) in [5.74, 6) is 4.59. The van der Waals surface area contributed by atoms with Crippen LogP contribution in [0.25, 0.3) is 0 Å². The topological polar surface area (TPSA) is 3.24 Å². The van der Waals surface area contributed by atoms with Gasteiger partial charge in [-0.1, -0.05) is 34.6 Å². The van der Waals surface area contributed by atoms with Gasteiger partial charge in [-0.3, -0.25) is 4.90 Å². The van der Waals surface area contributed by atoms with E-state index in [9.17, 15) is 0 Å². The van der Waals surface area contributed by atoms with E-state index in [-0.39, 0.29) is 0 Å². The van der Waals surface area contributed by atoms with Gasteiger partial charge < -0.3 is 0 Å². The fourth-order valence-corrected chi connectivity index (χ4v) is 4.63. The summed E-state index contributed by atoms with van der Waals surface area (Å²) in [6.45, 7) is 12.1. The molecule has 0 amide bonds. The van der Waals surface area contributed by atoms with Crippen LogP contribution in [-0.2, 0) is 0 Å². The second kappa shape index (κ2) is 3.76. The van der Waals surface area contributed by atoms with Crippen LogP contribution < -0.4 is 0 Å². The van der Waals surface area contributed by atoms with Gasteiger partial charge in [-0.25, -0.2) is 0 Å². The van der Waals surface area contributed by atoms with Gasteiger partial charge in [0.15, 0.2) is 0 Å². The number of fused-ring (bicyclic) bond motifs is 1. The third-order valence-corrected chi connectivity index (χ3v) is 5.00. The molecule has 5 atom stereocenters. The van der Waals surface area contributed by atoms with Crippen LogP contribution in [0.2, 0.25) is 0 Å². The Labute approximate surface area is 95.2 Å². The van der Waals surface area contributed by atoms with Gasteiger partial charge in [0.25, 0.3) is 0 Å². The Hall–Kier alpha value is -0.0400. The molecule has 88 valence electrons. The molecule has 2 rings (SSSR count). The van der Waals surface area contributed by atoms with E-state index in [2.05, 4.69) is 46.6 Å². The molecule has 2 fully saturated rings. The van der Waals surface area contributed by atoms with Crippen LogP contribution in [0.5, 0.6) is 0 Å². The Morgan fingerprint density at radius 2 is 1.67 bits per heavy atom. The van der Waals surface area contributed by atoms with Crippen LogP contribution in [0.3, 0.4) is 0 Å². The molecule has 1 saturated carbocycles. The molecular weight excluding hydrogens is 182 g/mol. The minimum atomic E-state index is 0.822. The van der Waals surface area contributed by atoms with E-state index in [0.717, 1.165) is 41.7 Å². The standard InChI is InChI=1S/C14H27N/c1-8(2)12-10(5)7-11-13(12)14(9(3)4)15(11)6/h8-14H,7H2,1-6H3/t10-,11?,12?,13?,14-/m0/s1. The maximum absolute atomic E-state index is 2.65. The molecule has 1 aliphatic heterocycles. The van der Waals surface area contributed by atoms with Crippen molar-refractivity contribution in [1.29, 1.82) is 0 Å². The van der Waals surface area contributed by atoms with Crippen molar-refractivity contribution in [2.45, 2.75) is 53.1 Å². The maximum Gasteiger partial charge on any atom is 0.0164 e. The highest BCUT2D eigenvalue weighted by Gasteiger charge is 2.57. The van der Waals surface area contributed by atoms with Crippen molar-refractivity contribution in [2.75, 3.05) is 7.05 Å². The zero-order chi connectivity index (χ0) is 11.3. The van der Waals surface area contributed by atoms with Crippen molar-refractivity contribution in [3.63, 3.8) is 0 Å². The molecule has 2 aliphatic rings. The van der Waals surface area contributed by atoms with Gasteiger partial charge in [-0.05, 0) is 43.1 Å². The van der Waals surface area contributed by atoms with E-state index in [4.69, 9.17) is 0 Å². The van der Waals surface area contributed by atoms with Gasteiger partial charge in [-0.2, -0.15) is 0 Å². The van der Waals surface area contributed by atoms with Crippen LogP contribution >= 0.6 is 0 Å². The highest BCUT2D eigenvalue weighted by Crippen LogP contribution is 2.54. The van der Waals surface area contributed by atoms with E-state index >= 15 is 0 Å². The molecule has 3 unspecified atom stereocenters. The first-order valence-electron chi connectivity index (χ1n) is 6.67. The summed E-state index contributed by atoms with van der Waals surface area (Å²) < 4.78 is 0. The number of hydrogen-bond acceptors (Lipinski definition) is 1. The number of nitrogens with zero attached hydrogens (tertiary/aromatic N) is 1. The molecule has 0 N–H and O–H groups in total. The summed E-state index contributed by atoms with van der Waals surface area (Å²) in [7, 11) is 2.33. The summed E-state index contributed by atoms with van der Waals surface area (Å²) >= 11 is 0. The Bertz CT molecular complexity index is 233. The molecule has 0 spiro atoms. The zero-order valence-corrected chi connectivity index (χ0v) is 11.2. The Morgan fingerprint density at radius 3 is 2.13 bits per heavy atom. The summed E-state index contributed by atoms with van der Waals surface area (Å²) in [5, 5.41) is 0. The third kappa shape index (κ3) is 1.54. The predicted octanol–water partition coefficient (Wildman–Crippen LogP) is 3.25. The minimum Gasteiger partial charge on any atom is -0.300 e. The Balaban J connectivity index is 2.16.